The molecule has 1 unspecified atom stereocenters. The number of hydrogen-bond acceptors (Lipinski definition) is 4. The van der Waals surface area contributed by atoms with Crippen molar-refractivity contribution in [2.24, 2.45) is 0 Å². The summed E-state index contributed by atoms with van der Waals surface area (Å²) in [4.78, 5) is 28.5. The minimum atomic E-state index is -5.62. The van der Waals surface area contributed by atoms with Crippen LogP contribution in [0, 0.1) is 0 Å². The van der Waals surface area contributed by atoms with Crippen molar-refractivity contribution in [2.75, 3.05) is 13.2 Å². The highest BCUT2D eigenvalue weighted by Crippen LogP contribution is 2.55. The van der Waals surface area contributed by atoms with Crippen LogP contribution >= 0.6 is 7.60 Å². The highest BCUT2D eigenvalue weighted by atomic mass is 31.2. The van der Waals surface area contributed by atoms with E-state index in [1.165, 1.54) is 70.6 Å². The van der Waals surface area contributed by atoms with Crippen molar-refractivity contribution < 1.29 is 37.4 Å². The normalized spacial score (nSPS) is 13.4. The van der Waals surface area contributed by atoms with Crippen molar-refractivity contribution in [3.63, 3.8) is 0 Å². The van der Waals surface area contributed by atoms with Crippen LogP contribution in [0.25, 0.3) is 0 Å². The third-order valence-corrected chi connectivity index (χ3v) is 6.21. The Hall–Kier alpha value is -0.560. The average molecular weight is 473 g/mol. The molecule has 0 amide bonds. The van der Waals surface area contributed by atoms with Crippen molar-refractivity contribution in [2.45, 2.75) is 122 Å². The van der Waals surface area contributed by atoms with Crippen molar-refractivity contribution >= 4 is 13.6 Å². The molecule has 0 heterocycles. The number of unbranched alkanes of at least 4 members (excludes halogenated alkanes) is 13. The summed E-state index contributed by atoms with van der Waals surface area (Å²) in [7, 11) is -5.62. The fraction of sp³-hybridized carbons (Fsp3) is 0.955. The Morgan fingerprint density at radius 2 is 1.29 bits per heavy atom. The molecule has 0 aromatic carbocycles. The van der Waals surface area contributed by atoms with E-state index < -0.39 is 31.8 Å². The van der Waals surface area contributed by atoms with Crippen LogP contribution in [-0.2, 0) is 18.8 Å². The molecule has 0 aliphatic rings. The Bertz CT molecular complexity index is 498. The predicted octanol–water partition coefficient (Wildman–Crippen LogP) is 6.58. The molecule has 9 heteroatoms. The van der Waals surface area contributed by atoms with Crippen LogP contribution in [0.1, 0.15) is 110 Å². The summed E-state index contributed by atoms with van der Waals surface area (Å²) in [6.07, 6.45) is 14.5. The van der Waals surface area contributed by atoms with Gasteiger partial charge in [0.25, 0.3) is 0 Å². The Kier molecular flexibility index (Phi) is 17.6. The van der Waals surface area contributed by atoms with E-state index in [0.717, 1.165) is 26.2 Å². The van der Waals surface area contributed by atoms with Crippen LogP contribution < -0.4 is 0 Å². The van der Waals surface area contributed by atoms with E-state index in [-0.39, 0.29) is 6.61 Å². The largest absolute Gasteiger partial charge is 0.460 e. The average Bonchev–Trinajstić information content (AvgIpc) is 2.66. The number of rotatable bonds is 21. The summed E-state index contributed by atoms with van der Waals surface area (Å²) >= 11 is 0. The van der Waals surface area contributed by atoms with Gasteiger partial charge in [0.2, 0.25) is 0 Å². The predicted molar refractivity (Wildman–Crippen MR) is 118 cm³/mol. The first-order valence-corrected chi connectivity index (χ1v) is 13.4. The summed E-state index contributed by atoms with van der Waals surface area (Å²) in [5.74, 6) is -0.799. The molecule has 0 aliphatic heterocycles. The Morgan fingerprint density at radius 3 is 1.68 bits per heavy atom. The molecule has 186 valence electrons. The molecule has 0 aromatic heterocycles. The first kappa shape index (κ1) is 30.4. The van der Waals surface area contributed by atoms with Gasteiger partial charge in [0.1, 0.15) is 6.10 Å². The molecule has 0 bridgehead atoms. The monoisotopic (exact) mass is 472 g/mol. The maximum Gasteiger partial charge on any atom is 0.394 e. The minimum absolute atomic E-state index is 0.312. The number of hydrogen-bond donors (Lipinski definition) is 2. The van der Waals surface area contributed by atoms with E-state index in [0.29, 0.717) is 6.61 Å². The van der Waals surface area contributed by atoms with Crippen LogP contribution in [0.15, 0.2) is 0 Å². The maximum absolute atomic E-state index is 13.5. The van der Waals surface area contributed by atoms with Crippen LogP contribution in [0.4, 0.5) is 8.78 Å². The Morgan fingerprint density at radius 1 is 0.871 bits per heavy atom. The second-order valence-electron chi connectivity index (χ2n) is 8.32. The van der Waals surface area contributed by atoms with Gasteiger partial charge in [-0.15, -0.1) is 0 Å². The molecule has 1 atom stereocenters. The molecule has 0 aliphatic carbocycles. The van der Waals surface area contributed by atoms with Crippen LogP contribution in [-0.4, -0.2) is 40.7 Å². The van der Waals surface area contributed by atoms with Crippen molar-refractivity contribution in [1.82, 2.24) is 0 Å². The van der Waals surface area contributed by atoms with Gasteiger partial charge in [-0.25, -0.2) is 0 Å². The van der Waals surface area contributed by atoms with Gasteiger partial charge in [0, 0.05) is 13.5 Å². The van der Waals surface area contributed by atoms with Crippen molar-refractivity contribution in [1.29, 1.82) is 0 Å². The van der Waals surface area contributed by atoms with E-state index in [9.17, 15) is 18.1 Å². The lowest BCUT2D eigenvalue weighted by atomic mass is 10.0. The van der Waals surface area contributed by atoms with Crippen molar-refractivity contribution in [3.05, 3.63) is 0 Å². The summed E-state index contributed by atoms with van der Waals surface area (Å²) in [5.41, 5.74) is -4.26. The first-order valence-electron chi connectivity index (χ1n) is 11.8. The van der Waals surface area contributed by atoms with Crippen LogP contribution in [0.2, 0.25) is 0 Å². The molecule has 31 heavy (non-hydrogen) atoms. The lowest BCUT2D eigenvalue weighted by Gasteiger charge is -2.23. The molecular weight excluding hydrogens is 429 g/mol. The lowest BCUT2D eigenvalue weighted by Crippen LogP contribution is -2.31. The van der Waals surface area contributed by atoms with E-state index in [1.807, 2.05) is 0 Å². The summed E-state index contributed by atoms with van der Waals surface area (Å²) in [6, 6.07) is 0. The zero-order valence-corrected chi connectivity index (χ0v) is 20.2. The van der Waals surface area contributed by atoms with Gasteiger partial charge >= 0.3 is 19.2 Å². The zero-order chi connectivity index (χ0) is 23.6. The first-order chi connectivity index (χ1) is 14.6. The quantitative estimate of drug-likeness (QED) is 0.111. The minimum Gasteiger partial charge on any atom is -0.460 e. The molecule has 6 nitrogen and oxygen atoms in total. The second-order valence-corrected chi connectivity index (χ2v) is 10.1. The number of halogens is 2. The van der Waals surface area contributed by atoms with Gasteiger partial charge in [-0.05, 0) is 6.42 Å². The van der Waals surface area contributed by atoms with E-state index in [4.69, 9.17) is 19.3 Å². The van der Waals surface area contributed by atoms with Gasteiger partial charge in [-0.3, -0.25) is 9.36 Å². The number of alkyl halides is 2. The van der Waals surface area contributed by atoms with Crippen LogP contribution in [0.5, 0.6) is 0 Å². The van der Waals surface area contributed by atoms with Gasteiger partial charge in [-0.1, -0.05) is 90.4 Å². The molecule has 0 aromatic rings. The molecule has 2 N–H and O–H groups in total. The molecule has 0 rings (SSSR count). The maximum atomic E-state index is 13.5. The van der Waals surface area contributed by atoms with Crippen molar-refractivity contribution in [3.8, 4) is 0 Å². The highest BCUT2D eigenvalue weighted by Gasteiger charge is 2.50. The molecule has 0 saturated carbocycles. The smallest absolute Gasteiger partial charge is 0.394 e. The molecular formula is C22H43F2O6P. The number of ether oxygens (including phenoxy) is 2. The van der Waals surface area contributed by atoms with E-state index >= 15 is 0 Å². The molecule has 0 spiro atoms. The van der Waals surface area contributed by atoms with Gasteiger partial charge < -0.3 is 19.3 Å². The molecule has 0 radical (unpaired) electrons. The zero-order valence-electron chi connectivity index (χ0n) is 19.3. The summed E-state index contributed by atoms with van der Waals surface area (Å²) in [5, 5.41) is 0. The van der Waals surface area contributed by atoms with Crippen LogP contribution in [0.3, 0.4) is 0 Å². The fourth-order valence-electron chi connectivity index (χ4n) is 3.38. The SMILES string of the molecule is CCCCCCCCCCCCCCCCOCC(CC(F)(F)P(=O)(O)O)OC(C)=O. The van der Waals surface area contributed by atoms with E-state index in [1.54, 1.807) is 0 Å². The van der Waals surface area contributed by atoms with Gasteiger partial charge in [-0.2, -0.15) is 8.78 Å². The molecule has 0 fully saturated rings. The Labute approximate surface area is 186 Å². The Balaban J connectivity index is 3.69. The van der Waals surface area contributed by atoms with Gasteiger partial charge in [0.15, 0.2) is 0 Å². The number of carbonyl (C=O) groups excluding carboxylic acids is 1. The fourth-order valence-corrected chi connectivity index (χ4v) is 3.82. The molecule has 0 saturated heterocycles. The van der Waals surface area contributed by atoms with Gasteiger partial charge in [0.05, 0.1) is 13.0 Å². The third-order valence-electron chi connectivity index (χ3n) is 5.18. The number of carbonyl (C=O) groups is 1. The summed E-state index contributed by atoms with van der Waals surface area (Å²) < 4.78 is 47.9. The van der Waals surface area contributed by atoms with E-state index in [2.05, 4.69) is 6.92 Å². The summed E-state index contributed by atoms with van der Waals surface area (Å²) in [6.45, 7) is 3.30. The number of esters is 1. The highest BCUT2D eigenvalue weighted by molar-refractivity contribution is 7.53. The second kappa shape index (κ2) is 17.9. The standard InChI is InChI=1S/C22H43F2O6P/c1-3-4-5-6-7-8-9-10-11-12-13-14-15-16-17-29-19-21(30-20(2)25)18-22(23,24)31(26,27)28/h21H,3-19H2,1-2H3,(H2,26,27,28). The lowest BCUT2D eigenvalue weighted by molar-refractivity contribution is -0.153. The topological polar surface area (TPSA) is 93.1 Å². The third kappa shape index (κ3) is 17.6.